The lowest BCUT2D eigenvalue weighted by Crippen LogP contribution is -2.51. The van der Waals surface area contributed by atoms with Crippen molar-refractivity contribution in [1.29, 1.82) is 0 Å². The van der Waals surface area contributed by atoms with E-state index in [1.54, 1.807) is 13.1 Å². The number of piperidine rings is 1. The van der Waals surface area contributed by atoms with Gasteiger partial charge in [0.05, 0.1) is 44.0 Å². The number of nitrogens with zero attached hydrogens (tertiary/aromatic N) is 5. The predicted octanol–water partition coefficient (Wildman–Crippen LogP) is 1.56. The second-order valence-corrected chi connectivity index (χ2v) is 7.36. The molecule has 0 radical (unpaired) electrons. The molecule has 0 N–H and O–H groups in total. The van der Waals surface area contributed by atoms with Crippen LogP contribution in [0.2, 0.25) is 0 Å². The Morgan fingerprint density at radius 1 is 1.22 bits per heavy atom. The Morgan fingerprint density at radius 2 is 2.07 bits per heavy atom. The first kappa shape index (κ1) is 18.1. The number of carbonyl (C=O) groups excluding carboxylic acids is 1. The van der Waals surface area contributed by atoms with Crippen LogP contribution < -0.4 is 0 Å². The number of ether oxygens (including phenoxy) is 1. The monoisotopic (exact) mass is 371 g/mol. The molecule has 2 saturated heterocycles. The molecule has 2 aromatic rings. The lowest BCUT2D eigenvalue weighted by molar-refractivity contribution is -0.132. The number of pyridine rings is 1. The minimum atomic E-state index is -0.273. The van der Waals surface area contributed by atoms with Crippen LogP contribution in [0.15, 0.2) is 28.9 Å². The van der Waals surface area contributed by atoms with Crippen LogP contribution in [-0.4, -0.2) is 62.7 Å². The molecule has 4 heterocycles. The van der Waals surface area contributed by atoms with Gasteiger partial charge in [0.2, 0.25) is 11.8 Å². The number of carbonyl (C=O) groups is 1. The standard InChI is InChI=1S/C19H25N5O3/c1-15-21-17(22-27-15)13-23-9-6-19(7-10-23)14-24(18(25)5-11-26-19)12-16-4-2-3-8-20-16/h2-4,8H,5-7,9-14H2,1H3. The summed E-state index contributed by atoms with van der Waals surface area (Å²) in [4.78, 5) is 25.4. The van der Waals surface area contributed by atoms with Gasteiger partial charge in [-0.25, -0.2) is 0 Å². The van der Waals surface area contributed by atoms with Crippen molar-refractivity contribution >= 4 is 5.91 Å². The van der Waals surface area contributed by atoms with Crippen molar-refractivity contribution in [1.82, 2.24) is 24.9 Å². The number of aromatic nitrogens is 3. The first-order valence-corrected chi connectivity index (χ1v) is 9.45. The Hall–Kier alpha value is -2.32. The zero-order valence-corrected chi connectivity index (χ0v) is 15.6. The molecule has 0 atom stereocenters. The van der Waals surface area contributed by atoms with Gasteiger partial charge in [-0.1, -0.05) is 11.2 Å². The van der Waals surface area contributed by atoms with E-state index in [0.29, 0.717) is 38.6 Å². The quantitative estimate of drug-likeness (QED) is 0.806. The summed E-state index contributed by atoms with van der Waals surface area (Å²) in [6, 6.07) is 5.80. The summed E-state index contributed by atoms with van der Waals surface area (Å²) in [6.07, 6.45) is 3.97. The highest BCUT2D eigenvalue weighted by atomic mass is 16.5. The second kappa shape index (κ2) is 7.74. The predicted molar refractivity (Wildman–Crippen MR) is 96.5 cm³/mol. The Balaban J connectivity index is 1.39. The Bertz CT molecular complexity index is 771. The molecular weight excluding hydrogens is 346 g/mol. The fraction of sp³-hybridized carbons (Fsp3) is 0.579. The van der Waals surface area contributed by atoms with E-state index in [0.717, 1.165) is 37.4 Å². The Labute approximate surface area is 158 Å². The molecule has 27 heavy (non-hydrogen) atoms. The zero-order valence-electron chi connectivity index (χ0n) is 15.6. The van der Waals surface area contributed by atoms with E-state index in [9.17, 15) is 4.79 Å². The Morgan fingerprint density at radius 3 is 2.78 bits per heavy atom. The molecule has 144 valence electrons. The number of hydrogen-bond donors (Lipinski definition) is 0. The first-order chi connectivity index (χ1) is 13.1. The summed E-state index contributed by atoms with van der Waals surface area (Å²) >= 11 is 0. The maximum absolute atomic E-state index is 12.5. The molecule has 2 aromatic heterocycles. The highest BCUT2D eigenvalue weighted by molar-refractivity contribution is 5.76. The van der Waals surface area contributed by atoms with Crippen molar-refractivity contribution in [3.8, 4) is 0 Å². The van der Waals surface area contributed by atoms with Gasteiger partial charge in [0, 0.05) is 26.2 Å². The molecule has 1 amide bonds. The van der Waals surface area contributed by atoms with Gasteiger partial charge in [0.1, 0.15) is 0 Å². The third kappa shape index (κ3) is 4.33. The molecule has 8 nitrogen and oxygen atoms in total. The number of amides is 1. The van der Waals surface area contributed by atoms with E-state index in [2.05, 4.69) is 20.0 Å². The van der Waals surface area contributed by atoms with E-state index in [1.807, 2.05) is 23.1 Å². The molecule has 2 aliphatic heterocycles. The highest BCUT2D eigenvalue weighted by Gasteiger charge is 2.40. The third-order valence-corrected chi connectivity index (χ3v) is 5.34. The lowest BCUT2D eigenvalue weighted by Gasteiger charge is -2.42. The van der Waals surface area contributed by atoms with Crippen molar-refractivity contribution in [2.24, 2.45) is 0 Å². The summed E-state index contributed by atoms with van der Waals surface area (Å²) in [6.45, 7) is 5.91. The minimum Gasteiger partial charge on any atom is -0.373 e. The molecule has 4 rings (SSSR count). The maximum Gasteiger partial charge on any atom is 0.225 e. The second-order valence-electron chi connectivity index (χ2n) is 7.36. The van der Waals surface area contributed by atoms with Crippen molar-refractivity contribution in [3.63, 3.8) is 0 Å². The van der Waals surface area contributed by atoms with Crippen LogP contribution in [0.25, 0.3) is 0 Å². The summed E-state index contributed by atoms with van der Waals surface area (Å²) in [5, 5.41) is 3.98. The molecule has 0 saturated carbocycles. The van der Waals surface area contributed by atoms with E-state index in [4.69, 9.17) is 9.26 Å². The normalized spacial score (nSPS) is 20.8. The summed E-state index contributed by atoms with van der Waals surface area (Å²) in [7, 11) is 0. The van der Waals surface area contributed by atoms with Gasteiger partial charge in [-0.2, -0.15) is 4.98 Å². The van der Waals surface area contributed by atoms with Gasteiger partial charge in [-0.3, -0.25) is 14.7 Å². The van der Waals surface area contributed by atoms with Gasteiger partial charge in [-0.15, -0.1) is 0 Å². The van der Waals surface area contributed by atoms with Crippen LogP contribution in [0.5, 0.6) is 0 Å². The van der Waals surface area contributed by atoms with Gasteiger partial charge in [0.15, 0.2) is 5.82 Å². The smallest absolute Gasteiger partial charge is 0.225 e. The maximum atomic E-state index is 12.5. The van der Waals surface area contributed by atoms with Crippen LogP contribution in [0.1, 0.15) is 36.7 Å². The van der Waals surface area contributed by atoms with E-state index >= 15 is 0 Å². The fourth-order valence-electron chi connectivity index (χ4n) is 3.85. The fourth-order valence-corrected chi connectivity index (χ4v) is 3.85. The van der Waals surface area contributed by atoms with Gasteiger partial charge >= 0.3 is 0 Å². The molecule has 0 bridgehead atoms. The number of rotatable bonds is 4. The van der Waals surface area contributed by atoms with Crippen molar-refractivity contribution in [3.05, 3.63) is 41.8 Å². The zero-order chi connectivity index (χ0) is 18.7. The number of likely N-dealkylation sites (tertiary alicyclic amines) is 1. The molecule has 8 heteroatoms. The molecule has 2 aliphatic rings. The summed E-state index contributed by atoms with van der Waals surface area (Å²) in [5.41, 5.74) is 0.637. The van der Waals surface area contributed by atoms with Gasteiger partial charge in [0.25, 0.3) is 0 Å². The van der Waals surface area contributed by atoms with Crippen LogP contribution in [0.3, 0.4) is 0 Å². The van der Waals surface area contributed by atoms with E-state index < -0.39 is 0 Å². The molecule has 0 aromatic carbocycles. The average Bonchev–Trinajstić information content (AvgIpc) is 3.02. The summed E-state index contributed by atoms with van der Waals surface area (Å²) in [5.74, 6) is 1.45. The van der Waals surface area contributed by atoms with Crippen molar-refractivity contribution < 1.29 is 14.1 Å². The number of hydrogen-bond acceptors (Lipinski definition) is 7. The van der Waals surface area contributed by atoms with Crippen LogP contribution in [0.4, 0.5) is 0 Å². The van der Waals surface area contributed by atoms with Crippen molar-refractivity contribution in [2.45, 2.75) is 44.9 Å². The SMILES string of the molecule is Cc1nc(CN2CCC3(CC2)CN(Cc2ccccn2)C(=O)CCO3)no1. The molecular formula is C19H25N5O3. The number of aryl methyl sites for hydroxylation is 1. The summed E-state index contributed by atoms with van der Waals surface area (Å²) < 4.78 is 11.3. The van der Waals surface area contributed by atoms with Gasteiger partial charge in [-0.05, 0) is 25.0 Å². The van der Waals surface area contributed by atoms with Gasteiger partial charge < -0.3 is 14.2 Å². The third-order valence-electron chi connectivity index (χ3n) is 5.34. The van der Waals surface area contributed by atoms with E-state index in [-0.39, 0.29) is 11.5 Å². The molecule has 0 unspecified atom stereocenters. The van der Waals surface area contributed by atoms with Crippen molar-refractivity contribution in [2.75, 3.05) is 26.2 Å². The first-order valence-electron chi connectivity index (χ1n) is 9.45. The van der Waals surface area contributed by atoms with Crippen LogP contribution >= 0.6 is 0 Å². The molecule has 2 fully saturated rings. The Kier molecular flexibility index (Phi) is 5.18. The largest absolute Gasteiger partial charge is 0.373 e. The lowest BCUT2D eigenvalue weighted by atomic mass is 9.90. The molecule has 0 aliphatic carbocycles. The van der Waals surface area contributed by atoms with Crippen LogP contribution in [-0.2, 0) is 22.6 Å². The highest BCUT2D eigenvalue weighted by Crippen LogP contribution is 2.31. The topological polar surface area (TPSA) is 84.6 Å². The molecule has 1 spiro atoms. The average molecular weight is 371 g/mol. The van der Waals surface area contributed by atoms with E-state index in [1.165, 1.54) is 0 Å². The minimum absolute atomic E-state index is 0.141. The van der Waals surface area contributed by atoms with Crippen LogP contribution in [0, 0.1) is 6.92 Å².